The number of rotatable bonds is 5. The number of hydrogen-bond acceptors (Lipinski definition) is 3. The monoisotopic (exact) mass is 254 g/mol. The van der Waals surface area contributed by atoms with E-state index < -0.39 is 0 Å². The van der Waals surface area contributed by atoms with E-state index in [-0.39, 0.29) is 5.91 Å². The molecule has 0 aliphatic rings. The van der Waals surface area contributed by atoms with Gasteiger partial charge in [0.2, 0.25) is 5.91 Å². The van der Waals surface area contributed by atoms with Crippen molar-refractivity contribution >= 4 is 17.2 Å². The predicted octanol–water partition coefficient (Wildman–Crippen LogP) is 2.17. The van der Waals surface area contributed by atoms with E-state index in [1.54, 1.807) is 18.4 Å². The van der Waals surface area contributed by atoms with Crippen molar-refractivity contribution in [3.63, 3.8) is 0 Å². The third-order valence-electron chi connectivity index (χ3n) is 2.24. The summed E-state index contributed by atoms with van der Waals surface area (Å²) in [6.07, 6.45) is 1.08. The molecule has 0 unspecified atom stereocenters. The van der Waals surface area contributed by atoms with Crippen LogP contribution in [-0.2, 0) is 17.8 Å². The van der Waals surface area contributed by atoms with Gasteiger partial charge >= 0.3 is 0 Å². The van der Waals surface area contributed by atoms with E-state index in [2.05, 4.69) is 42.9 Å². The van der Waals surface area contributed by atoms with Crippen LogP contribution in [0.5, 0.6) is 0 Å². The zero-order valence-corrected chi connectivity index (χ0v) is 11.9. The fraction of sp³-hybridized carbons (Fsp3) is 0.615. The van der Waals surface area contributed by atoms with Crippen molar-refractivity contribution < 1.29 is 4.79 Å². The lowest BCUT2D eigenvalue weighted by molar-refractivity contribution is -0.120. The molecule has 0 radical (unpaired) electrons. The lowest BCUT2D eigenvalue weighted by Crippen LogP contribution is -2.31. The minimum absolute atomic E-state index is 0.0401. The first kappa shape index (κ1) is 14.2. The fourth-order valence-corrected chi connectivity index (χ4v) is 2.46. The minimum atomic E-state index is 0.0401. The van der Waals surface area contributed by atoms with Crippen LogP contribution in [0, 0.1) is 5.41 Å². The van der Waals surface area contributed by atoms with Crippen LogP contribution < -0.4 is 10.6 Å². The average Bonchev–Trinajstić information content (AvgIpc) is 2.60. The fourth-order valence-electron chi connectivity index (χ4n) is 1.63. The van der Waals surface area contributed by atoms with Gasteiger partial charge in [0.15, 0.2) is 0 Å². The molecule has 1 aromatic heterocycles. The Kier molecular flexibility index (Phi) is 5.15. The van der Waals surface area contributed by atoms with E-state index in [1.165, 1.54) is 10.4 Å². The van der Waals surface area contributed by atoms with Gasteiger partial charge in [0.1, 0.15) is 0 Å². The van der Waals surface area contributed by atoms with Gasteiger partial charge in [0.25, 0.3) is 0 Å². The van der Waals surface area contributed by atoms with Gasteiger partial charge in [-0.1, -0.05) is 20.8 Å². The van der Waals surface area contributed by atoms with Crippen LogP contribution in [0.2, 0.25) is 0 Å². The molecule has 2 N–H and O–H groups in total. The second kappa shape index (κ2) is 6.17. The minimum Gasteiger partial charge on any atom is -0.350 e. The molecule has 1 heterocycles. The molecular formula is C13H22N2OS. The van der Waals surface area contributed by atoms with Crippen molar-refractivity contribution in [3.8, 4) is 0 Å². The van der Waals surface area contributed by atoms with Crippen LogP contribution in [-0.4, -0.2) is 19.5 Å². The Morgan fingerprint density at radius 1 is 1.41 bits per heavy atom. The lowest BCUT2D eigenvalue weighted by atomic mass is 9.89. The van der Waals surface area contributed by atoms with Crippen molar-refractivity contribution in [3.05, 3.63) is 21.9 Å². The van der Waals surface area contributed by atoms with E-state index in [0.29, 0.717) is 18.5 Å². The largest absolute Gasteiger partial charge is 0.350 e. The molecule has 1 rings (SSSR count). The summed E-state index contributed by atoms with van der Waals surface area (Å²) in [5.74, 6) is 0.0401. The lowest BCUT2D eigenvalue weighted by Gasteiger charge is -2.16. The van der Waals surface area contributed by atoms with Crippen LogP contribution in [0.3, 0.4) is 0 Å². The zero-order chi connectivity index (χ0) is 12.9. The molecule has 0 bridgehead atoms. The standard InChI is InChI=1S/C13H22N2OS/c1-13(2,3)6-10-5-11(17-9-10)7-15-12(16)8-14-4/h5,9,14H,6-8H2,1-4H3,(H,15,16). The van der Waals surface area contributed by atoms with E-state index in [9.17, 15) is 4.79 Å². The molecule has 0 aliphatic carbocycles. The highest BCUT2D eigenvalue weighted by Crippen LogP contribution is 2.24. The average molecular weight is 254 g/mol. The summed E-state index contributed by atoms with van der Waals surface area (Å²) in [5, 5.41) is 7.90. The first-order valence-corrected chi connectivity index (χ1v) is 6.76. The smallest absolute Gasteiger partial charge is 0.234 e. The maximum absolute atomic E-state index is 11.3. The summed E-state index contributed by atoms with van der Waals surface area (Å²) in [5.41, 5.74) is 1.67. The summed E-state index contributed by atoms with van der Waals surface area (Å²) in [6, 6.07) is 2.19. The molecule has 0 atom stereocenters. The number of thiophene rings is 1. The number of amides is 1. The second-order valence-corrected chi connectivity index (χ2v) is 6.46. The van der Waals surface area contributed by atoms with Crippen molar-refractivity contribution in [1.29, 1.82) is 0 Å². The maximum atomic E-state index is 11.3. The van der Waals surface area contributed by atoms with E-state index in [0.717, 1.165) is 6.42 Å². The number of likely N-dealkylation sites (N-methyl/N-ethyl adjacent to an activating group) is 1. The molecule has 1 amide bonds. The number of carbonyl (C=O) groups excluding carboxylic acids is 1. The summed E-state index contributed by atoms with van der Waals surface area (Å²) in [6.45, 7) is 7.71. The van der Waals surface area contributed by atoms with Crippen molar-refractivity contribution in [1.82, 2.24) is 10.6 Å². The second-order valence-electron chi connectivity index (χ2n) is 5.47. The quantitative estimate of drug-likeness (QED) is 0.845. The van der Waals surface area contributed by atoms with E-state index in [1.807, 2.05) is 0 Å². The number of nitrogens with one attached hydrogen (secondary N) is 2. The Bertz CT molecular complexity index is 366. The van der Waals surface area contributed by atoms with Crippen LogP contribution in [0.4, 0.5) is 0 Å². The molecule has 0 aromatic carbocycles. The Labute approximate surface area is 108 Å². The highest BCUT2D eigenvalue weighted by Gasteiger charge is 2.12. The first-order valence-electron chi connectivity index (χ1n) is 5.88. The number of carbonyl (C=O) groups is 1. The predicted molar refractivity (Wildman–Crippen MR) is 73.3 cm³/mol. The molecule has 96 valence electrons. The Hall–Kier alpha value is -0.870. The zero-order valence-electron chi connectivity index (χ0n) is 11.1. The van der Waals surface area contributed by atoms with Crippen LogP contribution in [0.1, 0.15) is 31.2 Å². The van der Waals surface area contributed by atoms with Crippen LogP contribution in [0.15, 0.2) is 11.4 Å². The summed E-state index contributed by atoms with van der Waals surface area (Å²) >= 11 is 1.72. The maximum Gasteiger partial charge on any atom is 0.234 e. The van der Waals surface area contributed by atoms with Crippen molar-refractivity contribution in [2.75, 3.05) is 13.6 Å². The van der Waals surface area contributed by atoms with Gasteiger partial charge in [0.05, 0.1) is 13.1 Å². The van der Waals surface area contributed by atoms with Gasteiger partial charge in [-0.05, 0) is 35.9 Å². The summed E-state index contributed by atoms with van der Waals surface area (Å²) < 4.78 is 0. The van der Waals surface area contributed by atoms with Crippen molar-refractivity contribution in [2.45, 2.75) is 33.7 Å². The van der Waals surface area contributed by atoms with Gasteiger partial charge in [-0.25, -0.2) is 0 Å². The molecule has 0 saturated heterocycles. The molecule has 3 nitrogen and oxygen atoms in total. The normalized spacial score (nSPS) is 11.5. The molecular weight excluding hydrogens is 232 g/mol. The van der Waals surface area contributed by atoms with Gasteiger partial charge < -0.3 is 10.6 Å². The van der Waals surface area contributed by atoms with Crippen molar-refractivity contribution in [2.24, 2.45) is 5.41 Å². The number of hydrogen-bond donors (Lipinski definition) is 2. The third kappa shape index (κ3) is 5.84. The van der Waals surface area contributed by atoms with Gasteiger partial charge in [-0.3, -0.25) is 4.79 Å². The Morgan fingerprint density at radius 3 is 2.71 bits per heavy atom. The van der Waals surface area contributed by atoms with Crippen LogP contribution in [0.25, 0.3) is 0 Å². The molecule has 0 aliphatic heterocycles. The van der Waals surface area contributed by atoms with Gasteiger partial charge in [0, 0.05) is 4.88 Å². The molecule has 0 spiro atoms. The highest BCUT2D eigenvalue weighted by molar-refractivity contribution is 7.10. The Balaban J connectivity index is 2.43. The summed E-state index contributed by atoms with van der Waals surface area (Å²) in [7, 11) is 1.77. The molecule has 0 fully saturated rings. The molecule has 17 heavy (non-hydrogen) atoms. The van der Waals surface area contributed by atoms with E-state index >= 15 is 0 Å². The van der Waals surface area contributed by atoms with E-state index in [4.69, 9.17) is 0 Å². The third-order valence-corrected chi connectivity index (χ3v) is 3.23. The SMILES string of the molecule is CNCC(=O)NCc1cc(CC(C)(C)C)cs1. The molecule has 0 saturated carbocycles. The highest BCUT2D eigenvalue weighted by atomic mass is 32.1. The van der Waals surface area contributed by atoms with Gasteiger partial charge in [-0.15, -0.1) is 11.3 Å². The Morgan fingerprint density at radius 2 is 2.12 bits per heavy atom. The van der Waals surface area contributed by atoms with Gasteiger partial charge in [-0.2, -0.15) is 0 Å². The van der Waals surface area contributed by atoms with Crippen LogP contribution >= 0.6 is 11.3 Å². The topological polar surface area (TPSA) is 41.1 Å². The molecule has 1 aromatic rings. The first-order chi connectivity index (χ1) is 7.90. The molecule has 4 heteroatoms. The summed E-state index contributed by atoms with van der Waals surface area (Å²) in [4.78, 5) is 12.5.